The molecule has 3 aromatic rings. The van der Waals surface area contributed by atoms with E-state index in [0.29, 0.717) is 11.5 Å². The molecule has 0 fully saturated rings. The Hall–Kier alpha value is -3.00. The van der Waals surface area contributed by atoms with Gasteiger partial charge < -0.3 is 10.2 Å². The van der Waals surface area contributed by atoms with E-state index in [4.69, 9.17) is 5.11 Å². The first-order valence-corrected chi connectivity index (χ1v) is 6.95. The van der Waals surface area contributed by atoms with Gasteiger partial charge in [-0.05, 0) is 29.3 Å². The molecular weight excluding hydrogens is 272 g/mol. The first-order valence-electron chi connectivity index (χ1n) is 6.95. The monoisotopic (exact) mass is 290 g/mol. The van der Waals surface area contributed by atoms with Gasteiger partial charge in [-0.15, -0.1) is 0 Å². The van der Waals surface area contributed by atoms with Gasteiger partial charge in [0.1, 0.15) is 11.5 Å². The third-order valence-electron chi connectivity index (χ3n) is 3.12. The Bertz CT molecular complexity index is 716. The summed E-state index contributed by atoms with van der Waals surface area (Å²) in [6.07, 6.45) is 1.74. The molecule has 0 saturated carbocycles. The molecule has 2 nitrogen and oxygen atoms in total. The van der Waals surface area contributed by atoms with Crippen LogP contribution in [0.15, 0.2) is 85.4 Å². The van der Waals surface area contributed by atoms with Crippen molar-refractivity contribution in [1.82, 2.24) is 0 Å². The summed E-state index contributed by atoms with van der Waals surface area (Å²) >= 11 is 0. The highest BCUT2D eigenvalue weighted by Gasteiger charge is 2.00. The molecular formula is C20H18O2. The van der Waals surface area contributed by atoms with Crippen LogP contribution in [0.2, 0.25) is 0 Å². The van der Waals surface area contributed by atoms with Crippen molar-refractivity contribution < 1.29 is 10.2 Å². The Kier molecular flexibility index (Phi) is 5.38. The molecule has 0 atom stereocenters. The molecule has 0 unspecified atom stereocenters. The van der Waals surface area contributed by atoms with Gasteiger partial charge in [0.05, 0.1) is 0 Å². The highest BCUT2D eigenvalue weighted by Crippen LogP contribution is 2.27. The SMILES string of the molecule is C=Cc1ccc(O)cc1.Oc1ccccc1-c1ccccc1. The van der Waals surface area contributed by atoms with Crippen molar-refractivity contribution in [2.24, 2.45) is 0 Å². The number of benzene rings is 3. The Morgan fingerprint density at radius 1 is 0.682 bits per heavy atom. The molecule has 22 heavy (non-hydrogen) atoms. The van der Waals surface area contributed by atoms with E-state index in [2.05, 4.69) is 6.58 Å². The topological polar surface area (TPSA) is 40.5 Å². The largest absolute Gasteiger partial charge is 0.508 e. The molecule has 0 aromatic heterocycles. The second-order valence-electron chi connectivity index (χ2n) is 4.68. The van der Waals surface area contributed by atoms with E-state index in [1.807, 2.05) is 60.7 Å². The summed E-state index contributed by atoms with van der Waals surface area (Å²) in [5.74, 6) is 0.620. The zero-order chi connectivity index (χ0) is 15.8. The Balaban J connectivity index is 0.000000172. The van der Waals surface area contributed by atoms with Gasteiger partial charge in [0.15, 0.2) is 0 Å². The van der Waals surface area contributed by atoms with Gasteiger partial charge in [0.25, 0.3) is 0 Å². The van der Waals surface area contributed by atoms with E-state index in [0.717, 1.165) is 16.7 Å². The number of phenolic OH excluding ortho intramolecular Hbond substituents is 2. The zero-order valence-corrected chi connectivity index (χ0v) is 12.2. The van der Waals surface area contributed by atoms with Crippen molar-refractivity contribution in [3.8, 4) is 22.6 Å². The average Bonchev–Trinajstić information content (AvgIpc) is 2.57. The predicted octanol–water partition coefficient (Wildman–Crippen LogP) is 5.09. The minimum atomic E-state index is 0.292. The summed E-state index contributed by atoms with van der Waals surface area (Å²) in [7, 11) is 0. The van der Waals surface area contributed by atoms with E-state index in [9.17, 15) is 5.11 Å². The van der Waals surface area contributed by atoms with Crippen molar-refractivity contribution in [3.63, 3.8) is 0 Å². The van der Waals surface area contributed by atoms with Crippen LogP contribution in [0, 0.1) is 0 Å². The number of hydrogen-bond donors (Lipinski definition) is 2. The van der Waals surface area contributed by atoms with Gasteiger partial charge in [-0.25, -0.2) is 0 Å². The van der Waals surface area contributed by atoms with Crippen molar-refractivity contribution in [2.45, 2.75) is 0 Å². The second-order valence-corrected chi connectivity index (χ2v) is 4.68. The Labute approximate surface area is 130 Å². The first kappa shape index (κ1) is 15.4. The molecule has 0 amide bonds. The van der Waals surface area contributed by atoms with Crippen LogP contribution in [-0.4, -0.2) is 10.2 Å². The fraction of sp³-hybridized carbons (Fsp3) is 0. The summed E-state index contributed by atoms with van der Waals surface area (Å²) in [6.45, 7) is 3.58. The normalized spacial score (nSPS) is 9.45. The summed E-state index contributed by atoms with van der Waals surface area (Å²) in [4.78, 5) is 0. The summed E-state index contributed by atoms with van der Waals surface area (Å²) in [5.41, 5.74) is 2.94. The maximum Gasteiger partial charge on any atom is 0.123 e. The molecule has 110 valence electrons. The van der Waals surface area contributed by atoms with Gasteiger partial charge in [0, 0.05) is 5.56 Å². The molecule has 0 aliphatic rings. The van der Waals surface area contributed by atoms with Crippen LogP contribution in [0.3, 0.4) is 0 Å². The van der Waals surface area contributed by atoms with Crippen LogP contribution < -0.4 is 0 Å². The maximum atomic E-state index is 9.56. The van der Waals surface area contributed by atoms with Gasteiger partial charge in [0.2, 0.25) is 0 Å². The van der Waals surface area contributed by atoms with Crippen LogP contribution >= 0.6 is 0 Å². The summed E-state index contributed by atoms with van der Waals surface area (Å²) in [5, 5.41) is 18.4. The lowest BCUT2D eigenvalue weighted by Crippen LogP contribution is -1.76. The fourth-order valence-electron chi connectivity index (χ4n) is 1.95. The van der Waals surface area contributed by atoms with Crippen LogP contribution in [-0.2, 0) is 0 Å². The summed E-state index contributed by atoms with van der Waals surface area (Å²) in [6, 6.07) is 24.1. The van der Waals surface area contributed by atoms with E-state index in [-0.39, 0.29) is 0 Å². The first-order chi connectivity index (χ1) is 10.7. The maximum absolute atomic E-state index is 9.56. The van der Waals surface area contributed by atoms with Crippen LogP contribution in [0.1, 0.15) is 5.56 Å². The smallest absolute Gasteiger partial charge is 0.123 e. The molecule has 0 aliphatic carbocycles. The molecule has 2 heteroatoms. The van der Waals surface area contributed by atoms with Crippen molar-refractivity contribution in [2.75, 3.05) is 0 Å². The Morgan fingerprint density at radius 2 is 1.27 bits per heavy atom. The van der Waals surface area contributed by atoms with E-state index in [1.165, 1.54) is 0 Å². The molecule has 0 bridgehead atoms. The van der Waals surface area contributed by atoms with Crippen LogP contribution in [0.5, 0.6) is 11.5 Å². The number of phenols is 2. The zero-order valence-electron chi connectivity index (χ0n) is 12.2. The molecule has 0 spiro atoms. The van der Waals surface area contributed by atoms with Crippen LogP contribution in [0.4, 0.5) is 0 Å². The molecule has 0 radical (unpaired) electrons. The van der Waals surface area contributed by atoms with Gasteiger partial charge in [-0.1, -0.05) is 73.3 Å². The van der Waals surface area contributed by atoms with Crippen molar-refractivity contribution in [1.29, 1.82) is 0 Å². The minimum absolute atomic E-state index is 0.292. The number of rotatable bonds is 2. The third kappa shape index (κ3) is 4.25. The molecule has 0 heterocycles. The Morgan fingerprint density at radius 3 is 1.86 bits per heavy atom. The standard InChI is InChI=1S/C12H10O.C8H8O/c13-12-9-5-4-8-11(12)10-6-2-1-3-7-10;1-2-7-3-5-8(9)6-4-7/h1-9,13H;2-6,9H,1H2. The molecule has 2 N–H and O–H groups in total. The van der Waals surface area contributed by atoms with E-state index < -0.39 is 0 Å². The molecule has 0 aliphatic heterocycles. The lowest BCUT2D eigenvalue weighted by Gasteiger charge is -2.02. The second kappa shape index (κ2) is 7.70. The van der Waals surface area contributed by atoms with Gasteiger partial charge >= 0.3 is 0 Å². The van der Waals surface area contributed by atoms with E-state index in [1.54, 1.807) is 24.3 Å². The quantitative estimate of drug-likeness (QED) is 0.689. The third-order valence-corrected chi connectivity index (χ3v) is 3.12. The van der Waals surface area contributed by atoms with Crippen LogP contribution in [0.25, 0.3) is 17.2 Å². The van der Waals surface area contributed by atoms with Crippen molar-refractivity contribution in [3.05, 3.63) is 91.0 Å². The molecule has 3 aromatic carbocycles. The van der Waals surface area contributed by atoms with Crippen molar-refractivity contribution >= 4 is 6.08 Å². The van der Waals surface area contributed by atoms with Gasteiger partial charge in [-0.2, -0.15) is 0 Å². The number of hydrogen-bond acceptors (Lipinski definition) is 2. The summed E-state index contributed by atoms with van der Waals surface area (Å²) < 4.78 is 0. The molecule has 0 saturated heterocycles. The van der Waals surface area contributed by atoms with E-state index >= 15 is 0 Å². The average molecular weight is 290 g/mol. The van der Waals surface area contributed by atoms with Gasteiger partial charge in [-0.3, -0.25) is 0 Å². The highest BCUT2D eigenvalue weighted by molar-refractivity contribution is 5.69. The number of aromatic hydroxyl groups is 2. The number of para-hydroxylation sites is 1. The lowest BCUT2D eigenvalue weighted by molar-refractivity contribution is 0.475. The highest BCUT2D eigenvalue weighted by atomic mass is 16.3. The lowest BCUT2D eigenvalue weighted by atomic mass is 10.1. The minimum Gasteiger partial charge on any atom is -0.508 e. The predicted molar refractivity (Wildman–Crippen MR) is 91.7 cm³/mol. The fourth-order valence-corrected chi connectivity index (χ4v) is 1.95. The molecule has 3 rings (SSSR count).